The summed E-state index contributed by atoms with van der Waals surface area (Å²) in [6.45, 7) is 7.78. The summed E-state index contributed by atoms with van der Waals surface area (Å²) in [6.07, 6.45) is 34.8. The molecule has 1 amide bonds. The van der Waals surface area contributed by atoms with Crippen molar-refractivity contribution in [3.63, 3.8) is 0 Å². The molecule has 0 aliphatic heterocycles. The minimum absolute atomic E-state index is 0.0208. The highest BCUT2D eigenvalue weighted by molar-refractivity contribution is 7.51. The third-order valence-electron chi connectivity index (χ3n) is 9.67. The average Bonchev–Trinajstić information content (AvgIpc) is 3.04. The monoisotopic (exact) mass is 704 g/mol. The van der Waals surface area contributed by atoms with E-state index < -0.39 is 13.7 Å². The molecule has 0 heterocycles. The van der Waals surface area contributed by atoms with Crippen LogP contribution in [-0.4, -0.2) is 64.3 Å². The Kier molecular flexibility index (Phi) is 34.6. The highest BCUT2D eigenvalue weighted by Crippen LogP contribution is 2.37. The van der Waals surface area contributed by atoms with Gasteiger partial charge in [0.05, 0.1) is 18.9 Å². The van der Waals surface area contributed by atoms with E-state index in [-0.39, 0.29) is 31.1 Å². The molecule has 3 N–H and O–H groups in total. The van der Waals surface area contributed by atoms with Crippen molar-refractivity contribution in [3.8, 4) is 0 Å². The molecule has 0 fully saturated rings. The molecule has 288 valence electrons. The molecule has 0 aromatic carbocycles. The summed E-state index contributed by atoms with van der Waals surface area (Å²) in [7, 11) is -4.09. The number of hydrogen-bond donors (Lipinski definition) is 3. The van der Waals surface area contributed by atoms with E-state index in [0.29, 0.717) is 26.0 Å². The fraction of sp³-hybridized carbons (Fsp3) is 0.975. The van der Waals surface area contributed by atoms with Crippen LogP contribution in [0.5, 0.6) is 0 Å². The van der Waals surface area contributed by atoms with Gasteiger partial charge in [0.1, 0.15) is 0 Å². The lowest BCUT2D eigenvalue weighted by atomic mass is 10.0. The summed E-state index contributed by atoms with van der Waals surface area (Å²) in [6, 6.07) is 0. The van der Waals surface area contributed by atoms with Crippen LogP contribution >= 0.6 is 7.60 Å². The van der Waals surface area contributed by atoms with E-state index in [2.05, 4.69) is 13.8 Å². The maximum atomic E-state index is 13.1. The van der Waals surface area contributed by atoms with Crippen LogP contribution in [0.4, 0.5) is 0 Å². The van der Waals surface area contributed by atoms with Crippen molar-refractivity contribution in [2.45, 2.75) is 213 Å². The maximum absolute atomic E-state index is 13.1. The zero-order valence-electron chi connectivity index (χ0n) is 32.2. The van der Waals surface area contributed by atoms with Crippen molar-refractivity contribution < 1.29 is 29.0 Å². The van der Waals surface area contributed by atoms with Gasteiger partial charge in [-0.25, -0.2) is 0 Å². The average molecular weight is 704 g/mol. The molecule has 0 saturated heterocycles. The van der Waals surface area contributed by atoms with Gasteiger partial charge in [-0.15, -0.1) is 0 Å². The van der Waals surface area contributed by atoms with Gasteiger partial charge < -0.3 is 24.5 Å². The zero-order chi connectivity index (χ0) is 35.6. The number of rotatable bonds is 38. The summed E-state index contributed by atoms with van der Waals surface area (Å²) in [5.41, 5.74) is 0. The van der Waals surface area contributed by atoms with Crippen LogP contribution in [0, 0.1) is 5.92 Å². The summed E-state index contributed by atoms with van der Waals surface area (Å²) < 4.78 is 17.2. The van der Waals surface area contributed by atoms with Gasteiger partial charge in [0.25, 0.3) is 0 Å². The van der Waals surface area contributed by atoms with Gasteiger partial charge >= 0.3 is 7.60 Å². The Hall–Kier alpha value is -0.460. The number of aliphatic hydroxyl groups is 1. The number of aliphatic hydroxyl groups excluding tert-OH is 1. The number of amides is 1. The first-order chi connectivity index (χ1) is 23.2. The van der Waals surface area contributed by atoms with E-state index in [4.69, 9.17) is 4.74 Å². The van der Waals surface area contributed by atoms with Crippen molar-refractivity contribution in [1.29, 1.82) is 0 Å². The highest BCUT2D eigenvalue weighted by atomic mass is 31.2. The Morgan fingerprint density at radius 3 is 1.40 bits per heavy atom. The molecule has 0 saturated carbocycles. The second-order valence-electron chi connectivity index (χ2n) is 14.9. The molecule has 0 rings (SSSR count). The molecule has 8 heteroatoms. The van der Waals surface area contributed by atoms with Gasteiger partial charge in [-0.1, -0.05) is 181 Å². The lowest BCUT2D eigenvalue weighted by Gasteiger charge is -2.27. The fourth-order valence-corrected chi connectivity index (χ4v) is 7.56. The molecule has 48 heavy (non-hydrogen) atoms. The van der Waals surface area contributed by atoms with E-state index in [1.54, 1.807) is 4.90 Å². The van der Waals surface area contributed by atoms with Crippen molar-refractivity contribution in [3.05, 3.63) is 0 Å². The Balaban J connectivity index is 4.14. The Labute approximate surface area is 298 Å². The molecule has 2 unspecified atom stereocenters. The lowest BCUT2D eigenvalue weighted by Crippen LogP contribution is -2.40. The van der Waals surface area contributed by atoms with Crippen molar-refractivity contribution >= 4 is 13.5 Å². The zero-order valence-corrected chi connectivity index (χ0v) is 33.1. The van der Waals surface area contributed by atoms with Crippen molar-refractivity contribution in [2.24, 2.45) is 5.92 Å². The smallest absolute Gasteiger partial charge is 0.325 e. The van der Waals surface area contributed by atoms with E-state index >= 15 is 0 Å². The van der Waals surface area contributed by atoms with E-state index in [1.807, 2.05) is 6.92 Å². The van der Waals surface area contributed by atoms with Gasteiger partial charge in [0.2, 0.25) is 5.91 Å². The van der Waals surface area contributed by atoms with Crippen molar-refractivity contribution in [1.82, 2.24) is 4.90 Å². The maximum Gasteiger partial charge on any atom is 0.325 e. The summed E-state index contributed by atoms with van der Waals surface area (Å²) >= 11 is 0. The second-order valence-corrected chi connectivity index (χ2v) is 16.6. The van der Waals surface area contributed by atoms with Gasteiger partial charge in [0.15, 0.2) is 0 Å². The number of carbonyl (C=O) groups excluding carboxylic acids is 1. The molecule has 0 aromatic rings. The lowest BCUT2D eigenvalue weighted by molar-refractivity contribution is -0.133. The third-order valence-corrected chi connectivity index (χ3v) is 10.8. The molecule has 0 aromatic heterocycles. The number of ether oxygens (including phenoxy) is 1. The normalized spacial score (nSPS) is 13.2. The van der Waals surface area contributed by atoms with Crippen LogP contribution in [-0.2, 0) is 14.1 Å². The van der Waals surface area contributed by atoms with Gasteiger partial charge in [-0.2, -0.15) is 0 Å². The van der Waals surface area contributed by atoms with Crippen LogP contribution in [0.1, 0.15) is 207 Å². The van der Waals surface area contributed by atoms with Gasteiger partial charge in [0, 0.05) is 26.1 Å². The Bertz CT molecular complexity index is 733. The first kappa shape index (κ1) is 47.5. The number of hydrogen-bond acceptors (Lipinski definition) is 4. The minimum atomic E-state index is -4.09. The summed E-state index contributed by atoms with van der Waals surface area (Å²) in [5.74, 6) is -0.182. The Morgan fingerprint density at radius 1 is 0.625 bits per heavy atom. The molecule has 2 atom stereocenters. The molecule has 7 nitrogen and oxygen atoms in total. The van der Waals surface area contributed by atoms with Crippen LogP contribution in [0.2, 0.25) is 0 Å². The van der Waals surface area contributed by atoms with Crippen LogP contribution in [0.15, 0.2) is 0 Å². The SMILES string of the molecule is CCCCCCCCCCCCCCCCOCC(O)CN(CCC(C)CP(=O)(O)O)C(=O)CCCCCCCCCCCCCCC. The van der Waals surface area contributed by atoms with Crippen LogP contribution < -0.4 is 0 Å². The van der Waals surface area contributed by atoms with Crippen molar-refractivity contribution in [2.75, 3.05) is 32.5 Å². The minimum Gasteiger partial charge on any atom is -0.389 e. The number of carbonyl (C=O) groups is 1. The van der Waals surface area contributed by atoms with Gasteiger partial charge in [-0.05, 0) is 25.2 Å². The Morgan fingerprint density at radius 2 is 1.00 bits per heavy atom. The first-order valence-electron chi connectivity index (χ1n) is 20.8. The van der Waals surface area contributed by atoms with Crippen LogP contribution in [0.25, 0.3) is 0 Å². The van der Waals surface area contributed by atoms with Crippen LogP contribution in [0.3, 0.4) is 0 Å². The number of unbranched alkanes of at least 4 members (excludes halogenated alkanes) is 25. The predicted octanol–water partition coefficient (Wildman–Crippen LogP) is 11.4. The summed E-state index contributed by atoms with van der Waals surface area (Å²) in [4.78, 5) is 33.5. The molecule has 0 radical (unpaired) electrons. The second kappa shape index (κ2) is 35.0. The van der Waals surface area contributed by atoms with Gasteiger partial charge in [-0.3, -0.25) is 9.36 Å². The van der Waals surface area contributed by atoms with E-state index in [0.717, 1.165) is 32.1 Å². The third kappa shape index (κ3) is 35.4. The fourth-order valence-electron chi connectivity index (χ4n) is 6.57. The molecule has 0 spiro atoms. The predicted molar refractivity (Wildman–Crippen MR) is 205 cm³/mol. The molecule has 0 aliphatic carbocycles. The first-order valence-corrected chi connectivity index (χ1v) is 22.6. The molecule has 0 aliphatic rings. The summed E-state index contributed by atoms with van der Waals surface area (Å²) in [5, 5.41) is 10.7. The standard InChI is InChI=1S/C40H82NO6P/c1-4-6-8-10-12-14-16-18-20-22-24-26-28-30-34-47-36-39(42)35-41(33-32-38(3)37-48(44,45)46)40(43)31-29-27-25-23-21-19-17-15-13-11-9-7-5-2/h38-39,42H,4-37H2,1-3H3,(H2,44,45,46). The van der Waals surface area contributed by atoms with E-state index in [9.17, 15) is 24.3 Å². The molecular formula is C40H82NO6P. The highest BCUT2D eigenvalue weighted by Gasteiger charge is 2.22. The van der Waals surface area contributed by atoms with E-state index in [1.165, 1.54) is 141 Å². The largest absolute Gasteiger partial charge is 0.389 e. The number of nitrogens with zero attached hydrogens (tertiary/aromatic N) is 1. The molecule has 0 bridgehead atoms. The topological polar surface area (TPSA) is 107 Å². The quantitative estimate of drug-likeness (QED) is 0.0436. The molecular weight excluding hydrogens is 621 g/mol.